The van der Waals surface area contributed by atoms with E-state index in [1.165, 1.54) is 19.3 Å². The van der Waals surface area contributed by atoms with Gasteiger partial charge in [0.25, 0.3) is 0 Å². The number of nitrogens with two attached hydrogens (primary N) is 1. The molecule has 134 valence electrons. The Labute approximate surface area is 141 Å². The molecule has 0 aromatic rings. The molecule has 1 aliphatic rings. The van der Waals surface area contributed by atoms with Gasteiger partial charge in [0.15, 0.2) is 0 Å². The Morgan fingerprint density at radius 2 is 2.17 bits per heavy atom. The highest BCUT2D eigenvalue weighted by Gasteiger charge is 2.24. The molecule has 0 aliphatic heterocycles. The first-order valence-electron chi connectivity index (χ1n) is 8.80. The van der Waals surface area contributed by atoms with Crippen molar-refractivity contribution in [2.75, 3.05) is 40.3 Å². The Kier molecular flexibility index (Phi) is 9.02. The quantitative estimate of drug-likeness (QED) is 0.438. The Hall–Kier alpha value is -1.27. The van der Waals surface area contributed by atoms with Crippen LogP contribution < -0.4 is 11.1 Å². The Balaban J connectivity index is 2.96. The van der Waals surface area contributed by atoms with Gasteiger partial charge in [0, 0.05) is 39.8 Å². The zero-order chi connectivity index (χ0) is 17.2. The van der Waals surface area contributed by atoms with Gasteiger partial charge >= 0.3 is 0 Å². The predicted octanol–water partition coefficient (Wildman–Crippen LogP) is 1.19. The minimum Gasteiger partial charge on any atom is -0.395 e. The van der Waals surface area contributed by atoms with Gasteiger partial charge in [-0.05, 0) is 38.2 Å². The third-order valence-corrected chi connectivity index (χ3v) is 4.48. The lowest BCUT2D eigenvalue weighted by molar-refractivity contribution is 0.187. The summed E-state index contributed by atoms with van der Waals surface area (Å²) in [5.41, 5.74) is 6.13. The molecule has 1 rings (SSSR count). The smallest absolute Gasteiger partial charge is 0.203 e. The lowest BCUT2D eigenvalue weighted by atomic mass is 9.85. The number of allylic oxidation sites excluding steroid dienone is 1. The van der Waals surface area contributed by atoms with Crippen LogP contribution in [0, 0.1) is 5.92 Å². The first-order chi connectivity index (χ1) is 11.0. The molecule has 0 saturated heterocycles. The molecule has 1 atom stereocenters. The van der Waals surface area contributed by atoms with Gasteiger partial charge in [-0.1, -0.05) is 13.3 Å². The van der Waals surface area contributed by atoms with E-state index in [-0.39, 0.29) is 12.6 Å². The van der Waals surface area contributed by atoms with Gasteiger partial charge in [-0.2, -0.15) is 4.99 Å². The van der Waals surface area contributed by atoms with Crippen LogP contribution in [0.3, 0.4) is 0 Å². The highest BCUT2D eigenvalue weighted by Crippen LogP contribution is 2.27. The number of nitrogens with one attached hydrogen (secondary N) is 1. The molecule has 0 radical (unpaired) electrons. The van der Waals surface area contributed by atoms with Crippen molar-refractivity contribution in [3.63, 3.8) is 0 Å². The molecule has 1 saturated carbocycles. The van der Waals surface area contributed by atoms with Gasteiger partial charge in [0.1, 0.15) is 5.82 Å². The SMILES string of the molecule is CC=C(/N=C(/N(C)CC(N)CC)N(CCO)CC1CCC1)NC. The second-order valence-corrected chi connectivity index (χ2v) is 6.35. The van der Waals surface area contributed by atoms with Crippen LogP contribution in [0.2, 0.25) is 0 Å². The van der Waals surface area contributed by atoms with Crippen LogP contribution in [0.1, 0.15) is 39.5 Å². The molecular formula is C17H35N5O. The standard InChI is InChI=1S/C17H35N5O/c1-5-15(18)13-21(4)17(20-16(6-2)19-3)22(10-11-23)12-14-8-7-9-14/h6,14-15,19,23H,5,7-13,18H2,1-4H3/b16-6?,20-17-. The lowest BCUT2D eigenvalue weighted by Gasteiger charge is -2.37. The summed E-state index contributed by atoms with van der Waals surface area (Å²) >= 11 is 0. The summed E-state index contributed by atoms with van der Waals surface area (Å²) in [4.78, 5) is 9.10. The Bertz CT molecular complexity index is 392. The maximum absolute atomic E-state index is 9.48. The van der Waals surface area contributed by atoms with Gasteiger partial charge in [-0.3, -0.25) is 0 Å². The van der Waals surface area contributed by atoms with Gasteiger partial charge in [0.05, 0.1) is 6.61 Å². The van der Waals surface area contributed by atoms with Crippen LogP contribution in [0.4, 0.5) is 0 Å². The van der Waals surface area contributed by atoms with Gasteiger partial charge in [-0.15, -0.1) is 0 Å². The molecule has 0 heterocycles. The molecule has 0 bridgehead atoms. The third kappa shape index (κ3) is 6.39. The average Bonchev–Trinajstić information content (AvgIpc) is 2.51. The van der Waals surface area contributed by atoms with Crippen LogP contribution in [-0.2, 0) is 0 Å². The minimum absolute atomic E-state index is 0.119. The monoisotopic (exact) mass is 325 g/mol. The third-order valence-electron chi connectivity index (χ3n) is 4.48. The summed E-state index contributed by atoms with van der Waals surface area (Å²) in [5, 5.41) is 12.6. The van der Waals surface area contributed by atoms with E-state index >= 15 is 0 Å². The highest BCUT2D eigenvalue weighted by molar-refractivity contribution is 5.81. The highest BCUT2D eigenvalue weighted by atomic mass is 16.3. The van der Waals surface area contributed by atoms with E-state index in [1.54, 1.807) is 0 Å². The summed E-state index contributed by atoms with van der Waals surface area (Å²) in [6.45, 7) is 6.49. The molecule has 0 aromatic carbocycles. The van der Waals surface area contributed by atoms with Gasteiger partial charge in [0.2, 0.25) is 5.96 Å². The molecular weight excluding hydrogens is 290 g/mol. The molecule has 6 heteroatoms. The number of likely N-dealkylation sites (N-methyl/N-ethyl adjacent to an activating group) is 1. The number of guanidine groups is 1. The molecule has 1 unspecified atom stereocenters. The predicted molar refractivity (Wildman–Crippen MR) is 97.1 cm³/mol. The lowest BCUT2D eigenvalue weighted by Crippen LogP contribution is -2.49. The first-order valence-corrected chi connectivity index (χ1v) is 8.80. The van der Waals surface area contributed by atoms with Crippen LogP contribution >= 0.6 is 0 Å². The second-order valence-electron chi connectivity index (χ2n) is 6.35. The second kappa shape index (κ2) is 10.5. The molecule has 23 heavy (non-hydrogen) atoms. The van der Waals surface area contributed by atoms with Crippen LogP contribution in [-0.4, -0.2) is 67.2 Å². The van der Waals surface area contributed by atoms with E-state index in [4.69, 9.17) is 10.7 Å². The van der Waals surface area contributed by atoms with E-state index < -0.39 is 0 Å². The van der Waals surface area contributed by atoms with E-state index in [9.17, 15) is 5.11 Å². The summed E-state index contributed by atoms with van der Waals surface area (Å²) in [6, 6.07) is 0.119. The van der Waals surface area contributed by atoms with Crippen molar-refractivity contribution < 1.29 is 5.11 Å². The molecule has 6 nitrogen and oxygen atoms in total. The number of aliphatic imine (C=N–C) groups is 1. The minimum atomic E-state index is 0.119. The molecule has 1 aliphatic carbocycles. The molecule has 0 spiro atoms. The summed E-state index contributed by atoms with van der Waals surface area (Å²) in [5.74, 6) is 2.43. The Morgan fingerprint density at radius 3 is 2.61 bits per heavy atom. The van der Waals surface area contributed by atoms with Crippen molar-refractivity contribution >= 4 is 5.96 Å². The summed E-state index contributed by atoms with van der Waals surface area (Å²) in [7, 11) is 3.90. The van der Waals surface area contributed by atoms with Crippen LogP contribution in [0.5, 0.6) is 0 Å². The van der Waals surface area contributed by atoms with Gasteiger partial charge < -0.3 is 26.0 Å². The fourth-order valence-corrected chi connectivity index (χ4v) is 2.71. The summed E-state index contributed by atoms with van der Waals surface area (Å²) < 4.78 is 0. The zero-order valence-electron chi connectivity index (χ0n) is 15.3. The first kappa shape index (κ1) is 19.8. The van der Waals surface area contributed by atoms with Crippen molar-refractivity contribution in [2.45, 2.75) is 45.6 Å². The molecule has 0 amide bonds. The van der Waals surface area contributed by atoms with E-state index in [0.717, 1.165) is 31.3 Å². The van der Waals surface area contributed by atoms with E-state index in [1.807, 2.05) is 27.1 Å². The molecule has 0 aromatic heterocycles. The van der Waals surface area contributed by atoms with Crippen molar-refractivity contribution in [3.8, 4) is 0 Å². The van der Waals surface area contributed by atoms with E-state index in [0.29, 0.717) is 12.5 Å². The Morgan fingerprint density at radius 1 is 1.48 bits per heavy atom. The van der Waals surface area contributed by atoms with Crippen molar-refractivity contribution in [2.24, 2.45) is 16.6 Å². The normalized spacial score (nSPS) is 17.7. The molecule has 1 fully saturated rings. The number of nitrogens with zero attached hydrogens (tertiary/aromatic N) is 3. The van der Waals surface area contributed by atoms with Crippen LogP contribution in [0.25, 0.3) is 0 Å². The number of rotatable bonds is 9. The topological polar surface area (TPSA) is 77.1 Å². The van der Waals surface area contributed by atoms with Gasteiger partial charge in [-0.25, -0.2) is 0 Å². The fourth-order valence-electron chi connectivity index (χ4n) is 2.71. The maximum Gasteiger partial charge on any atom is 0.203 e. The summed E-state index contributed by atoms with van der Waals surface area (Å²) in [6.07, 6.45) is 6.75. The maximum atomic E-state index is 9.48. The number of aliphatic hydroxyl groups excluding tert-OH is 1. The van der Waals surface area contributed by atoms with Crippen molar-refractivity contribution in [3.05, 3.63) is 11.9 Å². The van der Waals surface area contributed by atoms with Crippen molar-refractivity contribution in [1.82, 2.24) is 15.1 Å². The van der Waals surface area contributed by atoms with E-state index in [2.05, 4.69) is 22.0 Å². The van der Waals surface area contributed by atoms with Crippen LogP contribution in [0.15, 0.2) is 16.9 Å². The molecule has 4 N–H and O–H groups in total. The number of hydrogen-bond donors (Lipinski definition) is 3. The fraction of sp³-hybridized carbons (Fsp3) is 0.824. The largest absolute Gasteiger partial charge is 0.395 e. The van der Waals surface area contributed by atoms with Crippen molar-refractivity contribution in [1.29, 1.82) is 0 Å². The average molecular weight is 326 g/mol. The number of aliphatic hydroxyl groups is 1. The number of hydrogen-bond acceptors (Lipinski definition) is 4. The zero-order valence-corrected chi connectivity index (χ0v) is 15.3.